The van der Waals surface area contributed by atoms with E-state index in [0.29, 0.717) is 16.1 Å². The van der Waals surface area contributed by atoms with E-state index in [1.54, 1.807) is 36.4 Å². The number of carboxylic acids is 1. The van der Waals surface area contributed by atoms with Gasteiger partial charge in [-0.25, -0.2) is 0 Å². The Morgan fingerprint density at radius 3 is 2.14 bits per heavy atom. The molecule has 21 heavy (non-hydrogen) atoms. The van der Waals surface area contributed by atoms with E-state index in [2.05, 4.69) is 0 Å². The van der Waals surface area contributed by atoms with Crippen LogP contribution in [0.25, 0.3) is 0 Å². The molecule has 2 rings (SSSR count). The largest absolute Gasteiger partial charge is 0.549 e. The van der Waals surface area contributed by atoms with Gasteiger partial charge < -0.3 is 9.90 Å². The smallest absolute Gasteiger partial charge is 0.163 e. The van der Waals surface area contributed by atoms with Gasteiger partial charge in [0.2, 0.25) is 0 Å². The molecule has 0 saturated carbocycles. The van der Waals surface area contributed by atoms with Crippen LogP contribution in [0.15, 0.2) is 48.5 Å². The van der Waals surface area contributed by atoms with Crippen molar-refractivity contribution in [3.63, 3.8) is 0 Å². The van der Waals surface area contributed by atoms with Crippen molar-refractivity contribution in [1.82, 2.24) is 0 Å². The topological polar surface area (TPSA) is 57.2 Å². The van der Waals surface area contributed by atoms with Gasteiger partial charge in [0.25, 0.3) is 0 Å². The summed E-state index contributed by atoms with van der Waals surface area (Å²) in [6.07, 6.45) is -0.132. The maximum atomic E-state index is 12.2. The van der Waals surface area contributed by atoms with Crippen LogP contribution in [0.2, 0.25) is 5.02 Å². The zero-order valence-electron chi connectivity index (χ0n) is 11.5. The SMILES string of the molecule is Cc1ccc([C@H](CC(=O)c2ccc(Cl)cc2)C(=O)[O-])cc1. The monoisotopic (exact) mass is 301 g/mol. The number of aryl methyl sites for hydroxylation is 1. The van der Waals surface area contributed by atoms with E-state index in [-0.39, 0.29) is 12.2 Å². The van der Waals surface area contributed by atoms with Gasteiger partial charge in [0.1, 0.15) is 0 Å². The van der Waals surface area contributed by atoms with E-state index in [0.717, 1.165) is 5.56 Å². The highest BCUT2D eigenvalue weighted by Gasteiger charge is 2.18. The van der Waals surface area contributed by atoms with Gasteiger partial charge in [-0.3, -0.25) is 4.79 Å². The molecule has 0 unspecified atom stereocenters. The lowest BCUT2D eigenvalue weighted by Crippen LogP contribution is -2.31. The third-order valence-electron chi connectivity index (χ3n) is 3.32. The van der Waals surface area contributed by atoms with E-state index in [4.69, 9.17) is 11.6 Å². The number of ketones is 1. The minimum atomic E-state index is -1.25. The number of carbonyl (C=O) groups excluding carboxylic acids is 2. The average Bonchev–Trinajstić information content (AvgIpc) is 2.46. The van der Waals surface area contributed by atoms with Crippen molar-refractivity contribution in [2.45, 2.75) is 19.3 Å². The van der Waals surface area contributed by atoms with Crippen LogP contribution in [0.4, 0.5) is 0 Å². The minimum Gasteiger partial charge on any atom is -0.549 e. The number of benzene rings is 2. The summed E-state index contributed by atoms with van der Waals surface area (Å²) >= 11 is 5.77. The average molecular weight is 302 g/mol. The molecule has 0 aliphatic rings. The molecule has 0 saturated heterocycles. The second-order valence-corrected chi connectivity index (χ2v) is 5.35. The first-order valence-corrected chi connectivity index (χ1v) is 6.91. The third-order valence-corrected chi connectivity index (χ3v) is 3.57. The Morgan fingerprint density at radius 1 is 1.05 bits per heavy atom. The number of carboxylic acid groups (broad SMARTS) is 1. The third kappa shape index (κ3) is 3.92. The molecule has 0 aliphatic carbocycles. The van der Waals surface area contributed by atoms with Crippen LogP contribution in [0.5, 0.6) is 0 Å². The normalized spacial score (nSPS) is 11.9. The van der Waals surface area contributed by atoms with Gasteiger partial charge in [-0.05, 0) is 36.8 Å². The number of hydrogen-bond acceptors (Lipinski definition) is 3. The molecular weight excluding hydrogens is 288 g/mol. The lowest BCUT2D eigenvalue weighted by Gasteiger charge is -2.18. The Kier molecular flexibility index (Phi) is 4.76. The van der Waals surface area contributed by atoms with Crippen LogP contribution >= 0.6 is 11.6 Å². The van der Waals surface area contributed by atoms with Gasteiger partial charge in [0, 0.05) is 28.9 Å². The van der Waals surface area contributed by atoms with Crippen LogP contribution in [0.3, 0.4) is 0 Å². The molecule has 0 aliphatic heterocycles. The second kappa shape index (κ2) is 6.55. The molecule has 0 N–H and O–H groups in total. The summed E-state index contributed by atoms with van der Waals surface area (Å²) in [4.78, 5) is 23.5. The Bertz CT molecular complexity index is 645. The van der Waals surface area contributed by atoms with Crippen molar-refractivity contribution in [1.29, 1.82) is 0 Å². The van der Waals surface area contributed by atoms with Crippen molar-refractivity contribution in [2.75, 3.05) is 0 Å². The predicted octanol–water partition coefficient (Wildman–Crippen LogP) is 2.75. The molecule has 0 heterocycles. The van der Waals surface area contributed by atoms with Crippen LogP contribution in [0.1, 0.15) is 33.8 Å². The molecule has 108 valence electrons. The Balaban J connectivity index is 2.20. The van der Waals surface area contributed by atoms with Gasteiger partial charge in [-0.2, -0.15) is 0 Å². The molecule has 0 aromatic heterocycles. The predicted molar refractivity (Wildman–Crippen MR) is 79.3 cm³/mol. The number of aliphatic carboxylic acids is 1. The summed E-state index contributed by atoms with van der Waals surface area (Å²) in [7, 11) is 0. The first-order chi connectivity index (χ1) is 9.97. The van der Waals surface area contributed by atoms with Gasteiger partial charge >= 0.3 is 0 Å². The molecule has 2 aromatic rings. The van der Waals surface area contributed by atoms with E-state index in [9.17, 15) is 14.7 Å². The summed E-state index contributed by atoms with van der Waals surface area (Å²) < 4.78 is 0. The van der Waals surface area contributed by atoms with Crippen LogP contribution in [-0.2, 0) is 4.79 Å². The van der Waals surface area contributed by atoms with Crippen molar-refractivity contribution in [3.05, 3.63) is 70.2 Å². The molecule has 0 bridgehead atoms. The minimum absolute atomic E-state index is 0.132. The van der Waals surface area contributed by atoms with Gasteiger partial charge in [0.15, 0.2) is 5.78 Å². The number of rotatable bonds is 5. The summed E-state index contributed by atoms with van der Waals surface area (Å²) in [5.41, 5.74) is 2.04. The fourth-order valence-electron chi connectivity index (χ4n) is 2.08. The molecule has 3 nitrogen and oxygen atoms in total. The highest BCUT2D eigenvalue weighted by molar-refractivity contribution is 6.30. The van der Waals surface area contributed by atoms with E-state index >= 15 is 0 Å². The first kappa shape index (κ1) is 15.3. The highest BCUT2D eigenvalue weighted by Crippen LogP contribution is 2.22. The molecule has 0 amide bonds. The Hall–Kier alpha value is -2.13. The molecule has 0 radical (unpaired) electrons. The molecule has 2 aromatic carbocycles. The van der Waals surface area contributed by atoms with Gasteiger partial charge in [0.05, 0.1) is 0 Å². The van der Waals surface area contributed by atoms with E-state index in [1.165, 1.54) is 0 Å². The standard InChI is InChI=1S/C17H15ClO3/c1-11-2-4-12(5-3-11)15(17(20)21)10-16(19)13-6-8-14(18)9-7-13/h2-9,15H,10H2,1H3,(H,20,21)/p-1/t15-/m0/s1. The van der Waals surface area contributed by atoms with E-state index in [1.807, 2.05) is 19.1 Å². The van der Waals surface area contributed by atoms with Crippen molar-refractivity contribution >= 4 is 23.4 Å². The quantitative estimate of drug-likeness (QED) is 0.798. The van der Waals surface area contributed by atoms with Gasteiger partial charge in [-0.15, -0.1) is 0 Å². The lowest BCUT2D eigenvalue weighted by atomic mass is 9.91. The maximum Gasteiger partial charge on any atom is 0.163 e. The van der Waals surface area contributed by atoms with Crippen LogP contribution in [0, 0.1) is 6.92 Å². The first-order valence-electron chi connectivity index (χ1n) is 6.53. The Labute approximate surface area is 128 Å². The lowest BCUT2D eigenvalue weighted by molar-refractivity contribution is -0.307. The number of Topliss-reactive ketones (excluding diaryl/α,β-unsaturated/α-hetero) is 1. The van der Waals surface area contributed by atoms with Crippen LogP contribution in [-0.4, -0.2) is 11.8 Å². The molecule has 1 atom stereocenters. The molecule has 4 heteroatoms. The maximum absolute atomic E-state index is 12.2. The number of hydrogen-bond donors (Lipinski definition) is 0. The van der Waals surface area contributed by atoms with Crippen molar-refractivity contribution < 1.29 is 14.7 Å². The van der Waals surface area contributed by atoms with E-state index < -0.39 is 11.9 Å². The zero-order chi connectivity index (χ0) is 15.4. The van der Waals surface area contributed by atoms with Gasteiger partial charge in [-0.1, -0.05) is 41.4 Å². The summed E-state index contributed by atoms with van der Waals surface area (Å²) in [5, 5.41) is 11.9. The summed E-state index contributed by atoms with van der Waals surface area (Å²) in [5.74, 6) is -2.45. The highest BCUT2D eigenvalue weighted by atomic mass is 35.5. The summed E-state index contributed by atoms with van der Waals surface area (Å²) in [6, 6.07) is 13.5. The molecule has 0 fully saturated rings. The second-order valence-electron chi connectivity index (χ2n) is 4.92. The molecule has 0 spiro atoms. The van der Waals surface area contributed by atoms with Crippen LogP contribution < -0.4 is 5.11 Å². The van der Waals surface area contributed by atoms with Crippen molar-refractivity contribution in [2.24, 2.45) is 0 Å². The zero-order valence-corrected chi connectivity index (χ0v) is 12.3. The fraction of sp³-hybridized carbons (Fsp3) is 0.176. The summed E-state index contributed by atoms with van der Waals surface area (Å²) in [6.45, 7) is 1.91. The fourth-order valence-corrected chi connectivity index (χ4v) is 2.20. The Morgan fingerprint density at radius 2 is 1.62 bits per heavy atom. The molecular formula is C17H14ClO3-. The van der Waals surface area contributed by atoms with Crippen molar-refractivity contribution in [3.8, 4) is 0 Å². The number of carbonyl (C=O) groups is 2. The number of halogens is 1.